The molecule has 0 aromatic carbocycles. The Morgan fingerprint density at radius 3 is 1.53 bits per heavy atom. The average Bonchev–Trinajstić information content (AvgIpc) is 2.26. The van der Waals surface area contributed by atoms with E-state index in [1.54, 1.807) is 16.5 Å². The van der Waals surface area contributed by atoms with Gasteiger partial charge in [-0.3, -0.25) is 0 Å². The van der Waals surface area contributed by atoms with Gasteiger partial charge in [-0.25, -0.2) is 0 Å². The zero-order chi connectivity index (χ0) is 11.2. The Bertz CT molecular complexity index is 92.7. The minimum absolute atomic E-state index is 1.36. The fraction of sp³-hybridized carbons (Fsp3) is 1.00. The largest absolute Gasteiger partial charge is 0.0654 e. The molecule has 0 fully saturated rings. The molecule has 0 bridgehead atoms. The normalized spacial score (nSPS) is 12.4. The molecule has 0 aliphatic carbocycles. The summed E-state index contributed by atoms with van der Waals surface area (Å²) in [5.74, 6) is 0. The minimum Gasteiger partial charge on any atom is -0.0654 e. The van der Waals surface area contributed by atoms with Gasteiger partial charge in [0.15, 0.2) is 0 Å². The van der Waals surface area contributed by atoms with E-state index in [1.807, 2.05) is 0 Å². The van der Waals surface area contributed by atoms with Crippen molar-refractivity contribution in [3.05, 3.63) is 0 Å². The highest BCUT2D eigenvalue weighted by Crippen LogP contribution is 2.38. The molecule has 0 aromatic heterocycles. The van der Waals surface area contributed by atoms with Crippen molar-refractivity contribution >= 4 is 16.5 Å². The van der Waals surface area contributed by atoms with Crippen LogP contribution in [0.2, 0.25) is 0 Å². The molecule has 2 heteroatoms. The fourth-order valence-electron chi connectivity index (χ4n) is 1.54. The Hall–Kier alpha value is 0.860. The highest BCUT2D eigenvalue weighted by molar-refractivity contribution is 8.11. The smallest absolute Gasteiger partial charge is 0.0242 e. The standard InChI is InChI=1S/C13H28P2/c1-3-5-7-8-9-11-13-15-14-12-10-6-4-2/h3-13H2,1-2H3. The lowest BCUT2D eigenvalue weighted by Gasteiger charge is -2.01. The summed E-state index contributed by atoms with van der Waals surface area (Å²) in [5.41, 5.74) is 0. The molecule has 0 aliphatic rings. The Labute approximate surface area is 101 Å². The first-order valence-corrected chi connectivity index (χ1v) is 9.61. The van der Waals surface area contributed by atoms with Crippen molar-refractivity contribution in [1.29, 1.82) is 0 Å². The first kappa shape index (κ1) is 15.9. The van der Waals surface area contributed by atoms with Crippen molar-refractivity contribution in [2.75, 3.05) is 12.3 Å². The van der Waals surface area contributed by atoms with Crippen LogP contribution in [0, 0.1) is 0 Å². The SMILES string of the molecule is CCCCCCCC[P][P]CCCCC. The van der Waals surface area contributed by atoms with Gasteiger partial charge in [-0.1, -0.05) is 58.8 Å². The van der Waals surface area contributed by atoms with Gasteiger partial charge in [0.05, 0.1) is 0 Å². The predicted molar refractivity (Wildman–Crippen MR) is 76.5 cm³/mol. The lowest BCUT2D eigenvalue weighted by atomic mass is 10.1. The third kappa shape index (κ3) is 14.9. The van der Waals surface area contributed by atoms with Crippen molar-refractivity contribution in [3.63, 3.8) is 0 Å². The van der Waals surface area contributed by atoms with Crippen LogP contribution >= 0.6 is 16.5 Å². The second kappa shape index (κ2) is 14.9. The number of hydrogen-bond donors (Lipinski definition) is 0. The van der Waals surface area contributed by atoms with E-state index in [0.717, 1.165) is 0 Å². The average molecular weight is 246 g/mol. The molecule has 0 unspecified atom stereocenters. The van der Waals surface area contributed by atoms with Gasteiger partial charge in [0.2, 0.25) is 0 Å². The van der Waals surface area contributed by atoms with E-state index in [9.17, 15) is 0 Å². The molecule has 0 nitrogen and oxygen atoms in total. The van der Waals surface area contributed by atoms with E-state index in [0.29, 0.717) is 0 Å². The summed E-state index contributed by atoms with van der Waals surface area (Å²) in [5, 5.41) is 0. The van der Waals surface area contributed by atoms with Crippen molar-refractivity contribution < 1.29 is 0 Å². The maximum atomic E-state index is 2.29. The number of hydrogen-bond acceptors (Lipinski definition) is 0. The van der Waals surface area contributed by atoms with Crippen LogP contribution in [-0.4, -0.2) is 12.3 Å². The molecule has 2 radical (unpaired) electrons. The molecule has 0 heterocycles. The highest BCUT2D eigenvalue weighted by Gasteiger charge is 1.93. The molecule has 15 heavy (non-hydrogen) atoms. The van der Waals surface area contributed by atoms with E-state index in [2.05, 4.69) is 13.8 Å². The quantitative estimate of drug-likeness (QED) is 0.278. The zero-order valence-corrected chi connectivity index (χ0v) is 12.5. The van der Waals surface area contributed by atoms with Crippen LogP contribution < -0.4 is 0 Å². The summed E-state index contributed by atoms with van der Waals surface area (Å²) in [7, 11) is 3.36. The van der Waals surface area contributed by atoms with Crippen LogP contribution in [0.15, 0.2) is 0 Å². The van der Waals surface area contributed by atoms with E-state index in [1.165, 1.54) is 70.1 Å². The van der Waals surface area contributed by atoms with Gasteiger partial charge in [-0.05, 0) is 41.7 Å². The summed E-state index contributed by atoms with van der Waals surface area (Å²) in [6, 6.07) is 0. The maximum Gasteiger partial charge on any atom is -0.0242 e. The van der Waals surface area contributed by atoms with Crippen LogP contribution in [0.1, 0.15) is 71.6 Å². The molecule has 0 spiro atoms. The van der Waals surface area contributed by atoms with Gasteiger partial charge >= 0.3 is 0 Å². The van der Waals surface area contributed by atoms with Gasteiger partial charge in [0.1, 0.15) is 0 Å². The van der Waals surface area contributed by atoms with Gasteiger partial charge in [0, 0.05) is 0 Å². The zero-order valence-electron chi connectivity index (χ0n) is 10.7. The van der Waals surface area contributed by atoms with E-state index >= 15 is 0 Å². The molecule has 0 rings (SSSR count). The summed E-state index contributed by atoms with van der Waals surface area (Å²) in [6.45, 7) is 4.57. The number of unbranched alkanes of at least 4 members (excludes halogenated alkanes) is 7. The summed E-state index contributed by atoms with van der Waals surface area (Å²) < 4.78 is 0. The highest BCUT2D eigenvalue weighted by atomic mass is 32.0. The van der Waals surface area contributed by atoms with E-state index in [4.69, 9.17) is 0 Å². The van der Waals surface area contributed by atoms with Gasteiger partial charge < -0.3 is 0 Å². The first-order valence-electron chi connectivity index (χ1n) is 6.75. The molecular formula is C13H28P2. The Morgan fingerprint density at radius 2 is 0.933 bits per heavy atom. The Morgan fingerprint density at radius 1 is 0.533 bits per heavy atom. The predicted octanol–water partition coefficient (Wildman–Crippen LogP) is 6.34. The lowest BCUT2D eigenvalue weighted by molar-refractivity contribution is 0.627. The molecule has 90 valence electrons. The summed E-state index contributed by atoms with van der Waals surface area (Å²) >= 11 is 0. The van der Waals surface area contributed by atoms with Gasteiger partial charge in [0.25, 0.3) is 0 Å². The summed E-state index contributed by atoms with van der Waals surface area (Å²) in [4.78, 5) is 0. The third-order valence-corrected chi connectivity index (χ3v) is 5.61. The second-order valence-corrected chi connectivity index (χ2v) is 7.36. The van der Waals surface area contributed by atoms with Crippen LogP contribution in [0.5, 0.6) is 0 Å². The second-order valence-electron chi connectivity index (χ2n) is 4.20. The third-order valence-electron chi connectivity index (χ3n) is 2.57. The first-order chi connectivity index (χ1) is 7.41. The lowest BCUT2D eigenvalue weighted by Crippen LogP contribution is -1.80. The van der Waals surface area contributed by atoms with Crippen molar-refractivity contribution in [1.82, 2.24) is 0 Å². The van der Waals surface area contributed by atoms with E-state index < -0.39 is 0 Å². The van der Waals surface area contributed by atoms with Gasteiger partial charge in [-0.15, -0.1) is 0 Å². The topological polar surface area (TPSA) is 0 Å². The van der Waals surface area contributed by atoms with Crippen molar-refractivity contribution in [2.45, 2.75) is 71.6 Å². The van der Waals surface area contributed by atoms with Gasteiger partial charge in [-0.2, -0.15) is 0 Å². The van der Waals surface area contributed by atoms with Crippen molar-refractivity contribution in [2.24, 2.45) is 0 Å². The Kier molecular flexibility index (Phi) is 15.7. The molecule has 0 N–H and O–H groups in total. The van der Waals surface area contributed by atoms with Crippen LogP contribution in [-0.2, 0) is 0 Å². The number of rotatable bonds is 12. The van der Waals surface area contributed by atoms with Crippen LogP contribution in [0.4, 0.5) is 0 Å². The molecular weight excluding hydrogens is 218 g/mol. The molecule has 0 saturated heterocycles. The molecule has 0 aromatic rings. The molecule has 0 amide bonds. The molecule has 0 aliphatic heterocycles. The maximum absolute atomic E-state index is 2.29. The van der Waals surface area contributed by atoms with Crippen molar-refractivity contribution in [3.8, 4) is 0 Å². The minimum atomic E-state index is 1.36. The molecule has 0 saturated carbocycles. The fourth-order valence-corrected chi connectivity index (χ4v) is 4.25. The monoisotopic (exact) mass is 246 g/mol. The molecule has 0 atom stereocenters. The van der Waals surface area contributed by atoms with Crippen LogP contribution in [0.25, 0.3) is 0 Å². The summed E-state index contributed by atoms with van der Waals surface area (Å²) in [6.07, 6.45) is 15.8. The Balaban J connectivity index is 2.81. The van der Waals surface area contributed by atoms with E-state index in [-0.39, 0.29) is 0 Å². The van der Waals surface area contributed by atoms with Crippen LogP contribution in [0.3, 0.4) is 0 Å².